The molecular weight excluding hydrogens is 172 g/mol. The molecule has 0 aliphatic heterocycles. The molecule has 1 aromatic rings. The van der Waals surface area contributed by atoms with Gasteiger partial charge in [-0.05, 0) is 12.5 Å². The minimum Gasteiger partial charge on any atom is -0.394 e. The summed E-state index contributed by atoms with van der Waals surface area (Å²) >= 11 is 3.46. The maximum Gasteiger partial charge on any atom is 0.324 e. The molecule has 0 radical (unpaired) electrons. The lowest BCUT2D eigenvalue weighted by molar-refractivity contribution is -0.134. The molecule has 1 aromatic carbocycles. The molecule has 0 unspecified atom stereocenters. The first-order valence-corrected chi connectivity index (χ1v) is 4.02. The zero-order chi connectivity index (χ0) is 8.97. The molecule has 0 aromatic heterocycles. The van der Waals surface area contributed by atoms with Gasteiger partial charge >= 0.3 is 5.97 Å². The van der Waals surface area contributed by atoms with Gasteiger partial charge in [0.2, 0.25) is 0 Å². The van der Waals surface area contributed by atoms with Gasteiger partial charge in [0.05, 0.1) is 5.92 Å². The molecule has 3 heteroatoms. The number of thiol groups is 1. The van der Waals surface area contributed by atoms with Crippen LogP contribution in [0.25, 0.3) is 0 Å². The van der Waals surface area contributed by atoms with Crippen LogP contribution in [0, 0.1) is 0 Å². The van der Waals surface area contributed by atoms with E-state index in [1.807, 2.05) is 30.3 Å². The van der Waals surface area contributed by atoms with Crippen molar-refractivity contribution in [1.82, 2.24) is 0 Å². The molecule has 0 saturated carbocycles. The van der Waals surface area contributed by atoms with Gasteiger partial charge in [-0.1, -0.05) is 30.3 Å². The minimum absolute atomic E-state index is 0.247. The third-order valence-corrected chi connectivity index (χ3v) is 1.92. The zero-order valence-electron chi connectivity index (χ0n) is 6.73. The van der Waals surface area contributed by atoms with E-state index in [4.69, 9.17) is 0 Å². The van der Waals surface area contributed by atoms with Crippen LogP contribution in [0.3, 0.4) is 0 Å². The van der Waals surface area contributed by atoms with Crippen LogP contribution in [0.1, 0.15) is 18.4 Å². The Kier molecular flexibility index (Phi) is 3.17. The summed E-state index contributed by atoms with van der Waals surface area (Å²) in [5.41, 5.74) is 0.941. The van der Waals surface area contributed by atoms with Gasteiger partial charge in [-0.3, -0.25) is 4.79 Å². The molecule has 0 heterocycles. The first kappa shape index (κ1) is 9.13. The fourth-order valence-corrected chi connectivity index (χ4v) is 1.11. The van der Waals surface area contributed by atoms with Crippen LogP contribution in [-0.2, 0) is 8.98 Å². The number of carbonyl (C=O) groups excluding carboxylic acids is 1. The van der Waals surface area contributed by atoms with E-state index in [-0.39, 0.29) is 11.9 Å². The molecule has 0 aliphatic carbocycles. The Morgan fingerprint density at radius 1 is 1.42 bits per heavy atom. The molecule has 64 valence electrons. The van der Waals surface area contributed by atoms with Crippen LogP contribution in [0.15, 0.2) is 30.3 Å². The Morgan fingerprint density at radius 3 is 2.50 bits per heavy atom. The molecule has 0 aliphatic rings. The largest absolute Gasteiger partial charge is 0.394 e. The third kappa shape index (κ3) is 2.01. The first-order valence-electron chi connectivity index (χ1n) is 3.66. The van der Waals surface area contributed by atoms with Crippen molar-refractivity contribution in [3.63, 3.8) is 0 Å². The predicted molar refractivity (Wildman–Crippen MR) is 49.9 cm³/mol. The summed E-state index contributed by atoms with van der Waals surface area (Å²) in [5.74, 6) is -0.576. The van der Waals surface area contributed by atoms with Crippen molar-refractivity contribution in [2.45, 2.75) is 12.8 Å². The van der Waals surface area contributed by atoms with Crippen molar-refractivity contribution in [2.24, 2.45) is 0 Å². The molecule has 12 heavy (non-hydrogen) atoms. The quantitative estimate of drug-likeness (QED) is 0.560. The van der Waals surface area contributed by atoms with Gasteiger partial charge in [0, 0.05) is 12.9 Å². The number of hydrogen-bond donors (Lipinski definition) is 1. The van der Waals surface area contributed by atoms with E-state index in [1.54, 1.807) is 6.92 Å². The van der Waals surface area contributed by atoms with Gasteiger partial charge in [-0.15, -0.1) is 0 Å². The maximum atomic E-state index is 11.0. The van der Waals surface area contributed by atoms with E-state index in [0.717, 1.165) is 5.56 Å². The van der Waals surface area contributed by atoms with Crippen molar-refractivity contribution < 1.29 is 8.98 Å². The van der Waals surface area contributed by atoms with Gasteiger partial charge in [-0.2, -0.15) is 0 Å². The van der Waals surface area contributed by atoms with Crippen LogP contribution in [0.5, 0.6) is 0 Å². The predicted octanol–water partition coefficient (Wildman–Crippen LogP) is 2.18. The second-order valence-corrected chi connectivity index (χ2v) is 2.73. The molecule has 1 rings (SSSR count). The molecule has 0 amide bonds. The van der Waals surface area contributed by atoms with E-state index >= 15 is 0 Å². The zero-order valence-corrected chi connectivity index (χ0v) is 7.62. The van der Waals surface area contributed by atoms with Crippen LogP contribution < -0.4 is 0 Å². The average Bonchev–Trinajstić information content (AvgIpc) is 2.17. The van der Waals surface area contributed by atoms with Crippen molar-refractivity contribution in [3.8, 4) is 0 Å². The highest BCUT2D eigenvalue weighted by molar-refractivity contribution is 7.75. The highest BCUT2D eigenvalue weighted by atomic mass is 32.1. The van der Waals surface area contributed by atoms with Crippen LogP contribution in [0.2, 0.25) is 0 Å². The molecule has 2 nitrogen and oxygen atoms in total. The number of rotatable bonds is 2. The normalized spacial score (nSPS) is 12.2. The fraction of sp³-hybridized carbons (Fsp3) is 0.222. The summed E-state index contributed by atoms with van der Waals surface area (Å²) in [6, 6.07) is 9.45. The summed E-state index contributed by atoms with van der Waals surface area (Å²) in [5, 5.41) is 0. The van der Waals surface area contributed by atoms with Crippen LogP contribution in [0.4, 0.5) is 0 Å². The van der Waals surface area contributed by atoms with Crippen molar-refractivity contribution in [2.75, 3.05) is 0 Å². The Hall–Kier alpha value is -0.960. The van der Waals surface area contributed by atoms with E-state index < -0.39 is 0 Å². The number of carbonyl (C=O) groups is 1. The summed E-state index contributed by atoms with van der Waals surface area (Å²) in [4.78, 5) is 11.0. The smallest absolute Gasteiger partial charge is 0.324 e. The van der Waals surface area contributed by atoms with Gasteiger partial charge in [0.25, 0.3) is 0 Å². The molecule has 1 atom stereocenters. The fourth-order valence-electron chi connectivity index (χ4n) is 0.957. The first-order chi connectivity index (χ1) is 5.75. The summed E-state index contributed by atoms with van der Waals surface area (Å²) < 4.78 is 4.32. The van der Waals surface area contributed by atoms with Gasteiger partial charge in [-0.25, -0.2) is 0 Å². The van der Waals surface area contributed by atoms with Crippen molar-refractivity contribution in [3.05, 3.63) is 35.9 Å². The van der Waals surface area contributed by atoms with Crippen LogP contribution in [-0.4, -0.2) is 5.97 Å². The standard InChI is InChI=1S/C9H10O2S/c1-7(9(10)11-12)8-5-3-2-4-6-8/h2-7,12H,1H3/t7-/m1/s1. The second-order valence-electron chi connectivity index (χ2n) is 2.54. The van der Waals surface area contributed by atoms with E-state index in [0.29, 0.717) is 0 Å². The SMILES string of the molecule is C[C@@H](C(=O)OS)c1ccccc1. The summed E-state index contributed by atoms with van der Waals surface area (Å²) in [6.07, 6.45) is 0. The highest BCUT2D eigenvalue weighted by Crippen LogP contribution is 2.16. The Balaban J connectivity index is 2.78. The lowest BCUT2D eigenvalue weighted by Crippen LogP contribution is -2.08. The second kappa shape index (κ2) is 4.16. The average molecular weight is 182 g/mol. The summed E-state index contributed by atoms with van der Waals surface area (Å²) in [6.45, 7) is 1.79. The molecule has 0 saturated heterocycles. The van der Waals surface area contributed by atoms with Crippen molar-refractivity contribution >= 4 is 18.9 Å². The van der Waals surface area contributed by atoms with E-state index in [9.17, 15) is 4.79 Å². The number of benzene rings is 1. The molecule has 0 N–H and O–H groups in total. The molecular formula is C9H10O2S. The number of hydrogen-bond acceptors (Lipinski definition) is 3. The molecule has 0 fully saturated rings. The topological polar surface area (TPSA) is 26.3 Å². The van der Waals surface area contributed by atoms with Gasteiger partial charge in [0.1, 0.15) is 0 Å². The van der Waals surface area contributed by atoms with Crippen LogP contribution >= 0.6 is 12.9 Å². The Morgan fingerprint density at radius 2 is 2.00 bits per heavy atom. The van der Waals surface area contributed by atoms with E-state index in [1.165, 1.54) is 0 Å². The third-order valence-electron chi connectivity index (χ3n) is 1.74. The highest BCUT2D eigenvalue weighted by Gasteiger charge is 2.14. The molecule has 0 bridgehead atoms. The summed E-state index contributed by atoms with van der Waals surface area (Å²) in [7, 11) is 0. The lowest BCUT2D eigenvalue weighted by atomic mass is 10.0. The van der Waals surface area contributed by atoms with Gasteiger partial charge < -0.3 is 4.18 Å². The molecule has 0 spiro atoms. The van der Waals surface area contributed by atoms with Crippen molar-refractivity contribution in [1.29, 1.82) is 0 Å². The maximum absolute atomic E-state index is 11.0. The monoisotopic (exact) mass is 182 g/mol. The Bertz CT molecular complexity index is 258. The lowest BCUT2D eigenvalue weighted by Gasteiger charge is -2.07. The Labute approximate surface area is 77.2 Å². The van der Waals surface area contributed by atoms with E-state index in [2.05, 4.69) is 17.1 Å². The van der Waals surface area contributed by atoms with Gasteiger partial charge in [0.15, 0.2) is 0 Å². The minimum atomic E-state index is -0.329.